The molecule has 2 heterocycles. The summed E-state index contributed by atoms with van der Waals surface area (Å²) in [5.74, 6) is 0.695. The van der Waals surface area contributed by atoms with Crippen molar-refractivity contribution < 1.29 is 14.3 Å². The van der Waals surface area contributed by atoms with Crippen LogP contribution in [-0.2, 0) is 16.1 Å². The molecule has 0 radical (unpaired) electrons. The van der Waals surface area contributed by atoms with Gasteiger partial charge in [-0.1, -0.05) is 24.3 Å². The van der Waals surface area contributed by atoms with Crippen molar-refractivity contribution in [1.82, 2.24) is 26.6 Å². The van der Waals surface area contributed by atoms with Gasteiger partial charge in [0.15, 0.2) is 0 Å². The third-order valence-corrected chi connectivity index (χ3v) is 7.98. The fourth-order valence-corrected chi connectivity index (χ4v) is 5.71. The Kier molecular flexibility index (Phi) is 6.78. The van der Waals surface area contributed by atoms with E-state index in [-0.39, 0.29) is 41.9 Å². The van der Waals surface area contributed by atoms with Gasteiger partial charge in [0.1, 0.15) is 11.9 Å². The van der Waals surface area contributed by atoms with Crippen molar-refractivity contribution in [2.45, 2.75) is 49.0 Å². The largest absolute Gasteiger partial charge is 0.497 e. The molecule has 34 heavy (non-hydrogen) atoms. The zero-order chi connectivity index (χ0) is 23.7. The molecule has 0 spiro atoms. The number of rotatable bonds is 6. The number of amides is 2. The van der Waals surface area contributed by atoms with Crippen LogP contribution in [0.3, 0.4) is 0 Å². The van der Waals surface area contributed by atoms with E-state index in [1.807, 2.05) is 30.5 Å². The van der Waals surface area contributed by atoms with Crippen molar-refractivity contribution in [3.63, 3.8) is 0 Å². The molecule has 1 aliphatic carbocycles. The molecule has 2 aliphatic heterocycles. The lowest BCUT2D eigenvalue weighted by Gasteiger charge is -2.46. The van der Waals surface area contributed by atoms with E-state index in [4.69, 9.17) is 4.74 Å². The maximum Gasteiger partial charge on any atom is 0.226 e. The number of carbonyl (C=O) groups is 2. The van der Waals surface area contributed by atoms with Gasteiger partial charge in [-0.2, -0.15) is 5.53 Å². The summed E-state index contributed by atoms with van der Waals surface area (Å²) in [6.45, 7) is 0.518. The van der Waals surface area contributed by atoms with Crippen LogP contribution >= 0.6 is 11.8 Å². The summed E-state index contributed by atoms with van der Waals surface area (Å²) in [4.78, 5) is 27.2. The van der Waals surface area contributed by atoms with Crippen molar-refractivity contribution >= 4 is 23.6 Å². The summed E-state index contributed by atoms with van der Waals surface area (Å²) in [7, 11) is 1.64. The van der Waals surface area contributed by atoms with Crippen molar-refractivity contribution in [3.05, 3.63) is 59.7 Å². The van der Waals surface area contributed by atoms with Gasteiger partial charge in [0.2, 0.25) is 11.8 Å². The molecule has 0 bridgehead atoms. The average molecular weight is 482 g/mol. The second kappa shape index (κ2) is 9.95. The van der Waals surface area contributed by atoms with Crippen LogP contribution in [-0.4, -0.2) is 42.4 Å². The molecule has 3 fully saturated rings. The lowest BCUT2D eigenvalue weighted by molar-refractivity contribution is -0.143. The summed E-state index contributed by atoms with van der Waals surface area (Å²) in [5, 5.41) is 8.39. The van der Waals surface area contributed by atoms with Gasteiger partial charge in [-0.15, -0.1) is 11.8 Å². The molecule has 8 nitrogen and oxygen atoms in total. The Morgan fingerprint density at radius 3 is 2.62 bits per heavy atom. The van der Waals surface area contributed by atoms with Gasteiger partial charge >= 0.3 is 0 Å². The van der Waals surface area contributed by atoms with E-state index in [0.717, 1.165) is 23.3 Å². The lowest BCUT2D eigenvalue weighted by Crippen LogP contribution is -2.65. The van der Waals surface area contributed by atoms with Gasteiger partial charge < -0.3 is 15.4 Å². The fraction of sp³-hybridized carbons (Fsp3) is 0.440. The van der Waals surface area contributed by atoms with Crippen LogP contribution in [0.25, 0.3) is 0 Å². The van der Waals surface area contributed by atoms with Crippen LogP contribution in [0.15, 0.2) is 53.4 Å². The molecule has 5 unspecified atom stereocenters. The number of hydrogen-bond acceptors (Lipinski definition) is 7. The Bertz CT molecular complexity index is 1030. The second-order valence-corrected chi connectivity index (χ2v) is 10.00. The molecular formula is C25H31N5O3S. The van der Waals surface area contributed by atoms with E-state index in [2.05, 4.69) is 50.9 Å². The highest BCUT2D eigenvalue weighted by Crippen LogP contribution is 2.39. The maximum atomic E-state index is 13.0. The number of fused-ring (bicyclic) bond motifs is 3. The van der Waals surface area contributed by atoms with E-state index >= 15 is 0 Å². The van der Waals surface area contributed by atoms with E-state index in [1.165, 1.54) is 4.90 Å². The SMILES string of the molecule is COc1ccc(C2NNN3C4CC(C(=O)NCc5ccc(SC)cc5)CCC4C(=O)NC23)cc1. The predicted molar refractivity (Wildman–Crippen MR) is 130 cm³/mol. The number of methoxy groups -OCH3 is 1. The van der Waals surface area contributed by atoms with Crippen LogP contribution in [0.4, 0.5) is 0 Å². The molecule has 5 rings (SSSR count). The first-order valence-corrected chi connectivity index (χ1v) is 12.9. The molecule has 2 amide bonds. The van der Waals surface area contributed by atoms with Crippen LogP contribution < -0.4 is 26.3 Å². The molecule has 180 valence electrons. The highest BCUT2D eigenvalue weighted by Gasteiger charge is 2.51. The second-order valence-electron chi connectivity index (χ2n) is 9.12. The number of carbonyl (C=O) groups excluding carboxylic acids is 2. The minimum Gasteiger partial charge on any atom is -0.497 e. The third-order valence-electron chi connectivity index (χ3n) is 7.24. The number of hydrazine groups is 2. The number of benzene rings is 2. The first kappa shape index (κ1) is 23.2. The Labute approximate surface area is 204 Å². The Morgan fingerprint density at radius 1 is 1.15 bits per heavy atom. The van der Waals surface area contributed by atoms with E-state index in [1.54, 1.807) is 18.9 Å². The van der Waals surface area contributed by atoms with Crippen molar-refractivity contribution in [2.24, 2.45) is 11.8 Å². The summed E-state index contributed by atoms with van der Waals surface area (Å²) in [5.41, 5.74) is 8.75. The molecule has 3 aliphatic rings. The first-order valence-electron chi connectivity index (χ1n) is 11.7. The average Bonchev–Trinajstić information content (AvgIpc) is 3.31. The summed E-state index contributed by atoms with van der Waals surface area (Å²) >= 11 is 1.70. The zero-order valence-electron chi connectivity index (χ0n) is 19.4. The minimum absolute atomic E-state index is 0.0418. The molecule has 2 aromatic carbocycles. The quantitative estimate of drug-likeness (QED) is 0.471. The van der Waals surface area contributed by atoms with Gasteiger partial charge in [0.05, 0.1) is 19.1 Å². The Hall–Kier alpha value is -2.59. The number of nitrogens with zero attached hydrogens (tertiary/aromatic N) is 1. The van der Waals surface area contributed by atoms with E-state index in [9.17, 15) is 9.59 Å². The van der Waals surface area contributed by atoms with Gasteiger partial charge in [0.25, 0.3) is 0 Å². The molecule has 2 saturated heterocycles. The van der Waals surface area contributed by atoms with Crippen molar-refractivity contribution in [3.8, 4) is 5.75 Å². The first-order chi connectivity index (χ1) is 16.6. The molecule has 4 N–H and O–H groups in total. The number of ether oxygens (including phenoxy) is 1. The topological polar surface area (TPSA) is 94.7 Å². The third kappa shape index (κ3) is 4.53. The monoisotopic (exact) mass is 481 g/mol. The smallest absolute Gasteiger partial charge is 0.226 e. The van der Waals surface area contributed by atoms with E-state index < -0.39 is 0 Å². The van der Waals surface area contributed by atoms with Crippen LogP contribution in [0.5, 0.6) is 5.75 Å². The minimum atomic E-state index is -0.223. The maximum absolute atomic E-state index is 13.0. The molecule has 1 saturated carbocycles. The number of thioether (sulfide) groups is 1. The molecule has 9 heteroatoms. The van der Waals surface area contributed by atoms with Gasteiger partial charge in [-0.05, 0) is 60.9 Å². The van der Waals surface area contributed by atoms with Gasteiger partial charge in [0, 0.05) is 23.4 Å². The van der Waals surface area contributed by atoms with Crippen molar-refractivity contribution in [1.29, 1.82) is 0 Å². The number of nitrogens with one attached hydrogen (secondary N) is 4. The van der Waals surface area contributed by atoms with Crippen molar-refractivity contribution in [2.75, 3.05) is 13.4 Å². The highest BCUT2D eigenvalue weighted by atomic mass is 32.2. The lowest BCUT2D eigenvalue weighted by atomic mass is 9.75. The van der Waals surface area contributed by atoms with E-state index in [0.29, 0.717) is 19.4 Å². The standard InChI is InChI=1S/C25H31N5O3S/c1-33-18-8-5-16(6-9-18)22-23-27-25(32)20-12-7-17(13-21(20)30(23)29-28-22)24(31)26-14-15-3-10-19(34-2)11-4-15/h3-6,8-11,17,20-23,28-29H,7,12-14H2,1-2H3,(H,26,31)(H,27,32). The molecule has 5 atom stereocenters. The van der Waals surface area contributed by atoms with Gasteiger partial charge in [-0.25, -0.2) is 10.4 Å². The van der Waals surface area contributed by atoms with Crippen LogP contribution in [0, 0.1) is 11.8 Å². The number of hydrogen-bond donors (Lipinski definition) is 4. The predicted octanol–water partition coefficient (Wildman–Crippen LogP) is 2.34. The zero-order valence-corrected chi connectivity index (χ0v) is 20.2. The van der Waals surface area contributed by atoms with Crippen LogP contribution in [0.1, 0.15) is 36.4 Å². The van der Waals surface area contributed by atoms with Crippen LogP contribution in [0.2, 0.25) is 0 Å². The molecular weight excluding hydrogens is 450 g/mol. The Morgan fingerprint density at radius 2 is 1.91 bits per heavy atom. The summed E-state index contributed by atoms with van der Waals surface area (Å²) < 4.78 is 5.26. The normalized spacial score (nSPS) is 28.5. The highest BCUT2D eigenvalue weighted by molar-refractivity contribution is 7.98. The Balaban J connectivity index is 1.24. The fourth-order valence-electron chi connectivity index (χ4n) is 5.30. The molecule has 0 aromatic heterocycles. The molecule has 2 aromatic rings. The summed E-state index contributed by atoms with van der Waals surface area (Å²) in [6, 6.07) is 16.0. The summed E-state index contributed by atoms with van der Waals surface area (Å²) in [6.07, 6.45) is 3.90. The van der Waals surface area contributed by atoms with Gasteiger partial charge in [-0.3, -0.25) is 9.59 Å².